The molecule has 4 nitrogen and oxygen atoms in total. The lowest BCUT2D eigenvalue weighted by Crippen LogP contribution is -2.31. The van der Waals surface area contributed by atoms with Gasteiger partial charge in [-0.3, -0.25) is 4.79 Å². The van der Waals surface area contributed by atoms with Gasteiger partial charge in [-0.25, -0.2) is 0 Å². The van der Waals surface area contributed by atoms with Gasteiger partial charge in [-0.15, -0.1) is 0 Å². The molecule has 0 aromatic heterocycles. The van der Waals surface area contributed by atoms with Gasteiger partial charge in [0.05, 0.1) is 12.0 Å². The minimum atomic E-state index is -0.237. The third kappa shape index (κ3) is 4.47. The van der Waals surface area contributed by atoms with E-state index in [2.05, 4.69) is 30.5 Å². The van der Waals surface area contributed by atoms with Crippen LogP contribution in [-0.2, 0) is 4.79 Å². The summed E-state index contributed by atoms with van der Waals surface area (Å²) in [6.45, 7) is 8.30. The summed E-state index contributed by atoms with van der Waals surface area (Å²) in [7, 11) is 1.69. The van der Waals surface area contributed by atoms with Crippen molar-refractivity contribution in [3.8, 4) is 5.75 Å². The average Bonchev–Trinajstić information content (AvgIpc) is 2.98. The van der Waals surface area contributed by atoms with Crippen LogP contribution in [0.3, 0.4) is 0 Å². The second kappa shape index (κ2) is 8.50. The molecule has 6 heteroatoms. The minimum absolute atomic E-state index is 0.0801. The maximum absolute atomic E-state index is 12.5. The summed E-state index contributed by atoms with van der Waals surface area (Å²) in [6, 6.07) is 9.82. The van der Waals surface area contributed by atoms with Crippen molar-refractivity contribution in [2.75, 3.05) is 12.4 Å². The lowest BCUT2D eigenvalue weighted by Gasteiger charge is -2.15. The van der Waals surface area contributed by atoms with Gasteiger partial charge in [0, 0.05) is 10.7 Å². The molecule has 0 spiro atoms. The standard InChI is InChI=1S/C22H25ClN2O2S/c1-12(2)17-9-15(14(4)8-19(17)27-5)10-20-21(26)25-22(28-20)24-18-11-16(23)7-6-13(18)3/h6-12,22,24H,1-5H3,(H,25,26)/b20-10-. The molecule has 148 valence electrons. The number of hydrogen-bond acceptors (Lipinski definition) is 4. The van der Waals surface area contributed by atoms with Gasteiger partial charge in [-0.2, -0.15) is 0 Å². The highest BCUT2D eigenvalue weighted by molar-refractivity contribution is 8.05. The Labute approximate surface area is 175 Å². The van der Waals surface area contributed by atoms with Crippen LogP contribution in [0.2, 0.25) is 5.02 Å². The molecular weight excluding hydrogens is 392 g/mol. The van der Waals surface area contributed by atoms with E-state index in [0.717, 1.165) is 33.7 Å². The molecule has 1 saturated heterocycles. The molecule has 1 heterocycles. The number of ether oxygens (including phenoxy) is 1. The number of thioether (sulfide) groups is 1. The zero-order valence-electron chi connectivity index (χ0n) is 16.7. The number of methoxy groups -OCH3 is 1. The largest absolute Gasteiger partial charge is 0.496 e. The van der Waals surface area contributed by atoms with Crippen LogP contribution in [0.1, 0.15) is 42.0 Å². The SMILES string of the molecule is COc1cc(C)c(/C=C2\SC(Nc3cc(Cl)ccc3C)NC2=O)cc1C(C)C. The van der Waals surface area contributed by atoms with E-state index < -0.39 is 0 Å². The lowest BCUT2D eigenvalue weighted by atomic mass is 9.96. The van der Waals surface area contributed by atoms with Gasteiger partial charge in [0.1, 0.15) is 5.75 Å². The average molecular weight is 417 g/mol. The third-order valence-electron chi connectivity index (χ3n) is 4.74. The van der Waals surface area contributed by atoms with Gasteiger partial charge < -0.3 is 15.4 Å². The molecule has 1 aliphatic heterocycles. The zero-order valence-corrected chi connectivity index (χ0v) is 18.3. The highest BCUT2D eigenvalue weighted by Crippen LogP contribution is 2.35. The molecule has 1 atom stereocenters. The van der Waals surface area contributed by atoms with Crippen LogP contribution in [0.15, 0.2) is 35.2 Å². The second-order valence-corrected chi connectivity index (χ2v) is 8.77. The molecule has 0 bridgehead atoms. The maximum atomic E-state index is 12.5. The first-order chi connectivity index (χ1) is 13.3. The van der Waals surface area contributed by atoms with Gasteiger partial charge in [-0.1, -0.05) is 43.3 Å². The van der Waals surface area contributed by atoms with Gasteiger partial charge in [-0.05, 0) is 72.4 Å². The Kier molecular flexibility index (Phi) is 6.26. The molecule has 28 heavy (non-hydrogen) atoms. The Morgan fingerprint density at radius 2 is 1.96 bits per heavy atom. The highest BCUT2D eigenvalue weighted by Gasteiger charge is 2.27. The van der Waals surface area contributed by atoms with Crippen LogP contribution < -0.4 is 15.4 Å². The van der Waals surface area contributed by atoms with Crippen LogP contribution in [0.25, 0.3) is 6.08 Å². The molecular formula is C22H25ClN2O2S. The van der Waals surface area contributed by atoms with E-state index in [1.807, 2.05) is 44.2 Å². The van der Waals surface area contributed by atoms with Crippen LogP contribution in [0.4, 0.5) is 5.69 Å². The van der Waals surface area contributed by atoms with Crippen molar-refractivity contribution < 1.29 is 9.53 Å². The number of carbonyl (C=O) groups excluding carboxylic acids is 1. The molecule has 0 saturated carbocycles. The van der Waals surface area contributed by atoms with Gasteiger partial charge in [0.15, 0.2) is 5.50 Å². The zero-order chi connectivity index (χ0) is 20.4. The molecule has 1 fully saturated rings. The number of anilines is 1. The van der Waals surface area contributed by atoms with E-state index in [9.17, 15) is 4.79 Å². The van der Waals surface area contributed by atoms with Gasteiger partial charge in [0.2, 0.25) is 0 Å². The number of halogens is 1. The van der Waals surface area contributed by atoms with E-state index in [1.54, 1.807) is 7.11 Å². The predicted molar refractivity (Wildman–Crippen MR) is 119 cm³/mol. The smallest absolute Gasteiger partial charge is 0.260 e. The number of benzene rings is 2. The van der Waals surface area contributed by atoms with Crippen molar-refractivity contribution in [2.24, 2.45) is 0 Å². The van der Waals surface area contributed by atoms with Crippen molar-refractivity contribution in [3.05, 3.63) is 62.5 Å². The monoisotopic (exact) mass is 416 g/mol. The molecule has 1 unspecified atom stereocenters. The molecule has 0 aliphatic carbocycles. The van der Waals surface area contributed by atoms with E-state index in [4.69, 9.17) is 16.3 Å². The topological polar surface area (TPSA) is 50.4 Å². The van der Waals surface area contributed by atoms with E-state index in [0.29, 0.717) is 15.8 Å². The fourth-order valence-corrected chi connectivity index (χ4v) is 4.24. The summed E-state index contributed by atoms with van der Waals surface area (Å²) < 4.78 is 5.51. The summed E-state index contributed by atoms with van der Waals surface area (Å²) in [5.74, 6) is 1.13. The minimum Gasteiger partial charge on any atom is -0.496 e. The fraction of sp³-hybridized carbons (Fsp3) is 0.318. The fourth-order valence-electron chi connectivity index (χ4n) is 3.10. The Hall–Kier alpha value is -2.11. The Balaban J connectivity index is 1.85. The highest BCUT2D eigenvalue weighted by atomic mass is 35.5. The van der Waals surface area contributed by atoms with Gasteiger partial charge in [0.25, 0.3) is 5.91 Å². The molecule has 3 rings (SSSR count). The first-order valence-electron chi connectivity index (χ1n) is 9.19. The van der Waals surface area contributed by atoms with E-state index in [-0.39, 0.29) is 11.4 Å². The van der Waals surface area contributed by atoms with Crippen molar-refractivity contribution in [2.45, 2.75) is 39.1 Å². The Morgan fingerprint density at radius 3 is 2.64 bits per heavy atom. The number of hydrogen-bond donors (Lipinski definition) is 2. The number of rotatable bonds is 5. The van der Waals surface area contributed by atoms with Crippen LogP contribution in [0.5, 0.6) is 5.75 Å². The van der Waals surface area contributed by atoms with E-state index in [1.165, 1.54) is 11.8 Å². The second-order valence-electron chi connectivity index (χ2n) is 7.19. The quantitative estimate of drug-likeness (QED) is 0.615. The van der Waals surface area contributed by atoms with Crippen LogP contribution in [-0.4, -0.2) is 18.5 Å². The van der Waals surface area contributed by atoms with Crippen molar-refractivity contribution in [3.63, 3.8) is 0 Å². The lowest BCUT2D eigenvalue weighted by molar-refractivity contribution is -0.116. The first kappa shape index (κ1) is 20.6. The van der Waals surface area contributed by atoms with Crippen LogP contribution >= 0.6 is 23.4 Å². The van der Waals surface area contributed by atoms with Crippen LogP contribution in [0, 0.1) is 13.8 Å². The van der Waals surface area contributed by atoms with E-state index >= 15 is 0 Å². The summed E-state index contributed by atoms with van der Waals surface area (Å²) >= 11 is 7.56. The number of nitrogens with one attached hydrogen (secondary N) is 2. The third-order valence-corrected chi connectivity index (χ3v) is 6.01. The molecule has 2 aromatic carbocycles. The Morgan fingerprint density at radius 1 is 1.21 bits per heavy atom. The first-order valence-corrected chi connectivity index (χ1v) is 10.4. The number of carbonyl (C=O) groups is 1. The predicted octanol–water partition coefficient (Wildman–Crippen LogP) is 5.69. The number of aryl methyl sites for hydroxylation is 2. The normalized spacial score (nSPS) is 17.9. The molecule has 2 N–H and O–H groups in total. The summed E-state index contributed by atoms with van der Waals surface area (Å²) in [5, 5.41) is 6.98. The summed E-state index contributed by atoms with van der Waals surface area (Å²) in [6.07, 6.45) is 1.95. The molecule has 1 amide bonds. The Bertz CT molecular complexity index is 940. The molecule has 2 aromatic rings. The summed E-state index contributed by atoms with van der Waals surface area (Å²) in [5.41, 5.74) is 4.98. The van der Waals surface area contributed by atoms with Crippen molar-refractivity contribution in [1.82, 2.24) is 5.32 Å². The van der Waals surface area contributed by atoms with Crippen molar-refractivity contribution >= 4 is 41.0 Å². The maximum Gasteiger partial charge on any atom is 0.260 e. The number of amides is 1. The van der Waals surface area contributed by atoms with Gasteiger partial charge >= 0.3 is 0 Å². The molecule has 0 radical (unpaired) electrons. The van der Waals surface area contributed by atoms with Crippen molar-refractivity contribution in [1.29, 1.82) is 0 Å². The summed E-state index contributed by atoms with van der Waals surface area (Å²) in [4.78, 5) is 13.2. The molecule has 1 aliphatic rings.